The first kappa shape index (κ1) is 23.6. The van der Waals surface area contributed by atoms with E-state index in [1.165, 1.54) is 49.4 Å². The van der Waals surface area contributed by atoms with Crippen molar-refractivity contribution in [3.8, 4) is 0 Å². The lowest BCUT2D eigenvalue weighted by Crippen LogP contribution is -2.47. The van der Waals surface area contributed by atoms with E-state index < -0.39 is 0 Å². The topological polar surface area (TPSA) is 19.0 Å². The average Bonchev–Trinajstić information content (AvgIpc) is 2.78. The summed E-state index contributed by atoms with van der Waals surface area (Å²) in [5.41, 5.74) is 7.75. The Balaban J connectivity index is 1.68. The first-order valence-electron chi connectivity index (χ1n) is 12.9. The molecule has 0 spiro atoms. The lowest BCUT2D eigenvalue weighted by molar-refractivity contribution is 0.122. The maximum absolute atomic E-state index is 5.62. The second kappa shape index (κ2) is 9.77. The standard InChI is InChI=1S/C28H45N3O/c1-21(2)20-29-11-13-31(14-12-29)27-10-8-24(30-15-17-32-18-16-30)19-26(27)25-9-7-22(3)28(5,6)23(25)4/h8,10,19,21-22H,7,9,11-18,20H2,1-6H3. The van der Waals surface area contributed by atoms with E-state index in [9.17, 15) is 0 Å². The molecule has 0 saturated carbocycles. The zero-order valence-electron chi connectivity index (χ0n) is 21.4. The summed E-state index contributed by atoms with van der Waals surface area (Å²) in [5, 5.41) is 0. The number of ether oxygens (including phenoxy) is 1. The molecule has 0 N–H and O–H groups in total. The van der Waals surface area contributed by atoms with Crippen molar-refractivity contribution in [2.45, 2.75) is 54.4 Å². The summed E-state index contributed by atoms with van der Waals surface area (Å²) in [4.78, 5) is 7.79. The molecule has 1 aliphatic carbocycles. The Kier molecular flexibility index (Phi) is 7.21. The van der Waals surface area contributed by atoms with Crippen LogP contribution in [-0.4, -0.2) is 63.9 Å². The molecule has 1 unspecified atom stereocenters. The maximum atomic E-state index is 5.62. The molecule has 1 aromatic carbocycles. The van der Waals surface area contributed by atoms with Crippen LogP contribution < -0.4 is 9.80 Å². The van der Waals surface area contributed by atoms with Gasteiger partial charge in [0.05, 0.1) is 13.2 Å². The molecule has 2 fully saturated rings. The SMILES string of the molecule is CC1=C(c2cc(N3CCOCC3)ccc2N2CCN(CC(C)C)CC2)CCC(C)C1(C)C. The van der Waals surface area contributed by atoms with Gasteiger partial charge in [-0.15, -0.1) is 0 Å². The number of piperazine rings is 1. The molecule has 4 heteroatoms. The summed E-state index contributed by atoms with van der Waals surface area (Å²) in [6.45, 7) is 23.8. The number of rotatable bonds is 5. The molecule has 2 aliphatic heterocycles. The van der Waals surface area contributed by atoms with Crippen molar-refractivity contribution in [1.82, 2.24) is 4.90 Å². The summed E-state index contributed by atoms with van der Waals surface area (Å²) in [5.74, 6) is 1.47. The Labute approximate surface area is 196 Å². The number of nitrogens with zero attached hydrogens (tertiary/aromatic N) is 3. The number of hydrogen-bond donors (Lipinski definition) is 0. The van der Waals surface area contributed by atoms with Crippen molar-refractivity contribution in [3.63, 3.8) is 0 Å². The summed E-state index contributed by atoms with van der Waals surface area (Å²) >= 11 is 0. The van der Waals surface area contributed by atoms with Crippen molar-refractivity contribution in [2.75, 3.05) is 68.8 Å². The van der Waals surface area contributed by atoms with Crippen LogP contribution >= 0.6 is 0 Å². The zero-order valence-corrected chi connectivity index (χ0v) is 21.4. The van der Waals surface area contributed by atoms with Crippen molar-refractivity contribution in [3.05, 3.63) is 29.3 Å². The molecule has 0 radical (unpaired) electrons. The molecule has 3 aliphatic rings. The van der Waals surface area contributed by atoms with E-state index in [2.05, 4.69) is 74.4 Å². The molecule has 178 valence electrons. The van der Waals surface area contributed by atoms with Crippen LogP contribution in [0.2, 0.25) is 0 Å². The molecule has 2 heterocycles. The average molecular weight is 440 g/mol. The molecule has 1 atom stereocenters. The van der Waals surface area contributed by atoms with Gasteiger partial charge in [0.25, 0.3) is 0 Å². The highest BCUT2D eigenvalue weighted by Gasteiger charge is 2.35. The Morgan fingerprint density at radius 3 is 2.34 bits per heavy atom. The van der Waals surface area contributed by atoms with Gasteiger partial charge in [-0.2, -0.15) is 0 Å². The molecule has 2 saturated heterocycles. The van der Waals surface area contributed by atoms with Gasteiger partial charge >= 0.3 is 0 Å². The summed E-state index contributed by atoms with van der Waals surface area (Å²) in [6, 6.07) is 7.28. The van der Waals surface area contributed by atoms with Gasteiger partial charge in [-0.3, -0.25) is 4.90 Å². The van der Waals surface area contributed by atoms with Crippen LogP contribution in [0.4, 0.5) is 11.4 Å². The molecule has 0 bridgehead atoms. The van der Waals surface area contributed by atoms with E-state index in [1.807, 2.05) is 0 Å². The molecule has 1 aromatic rings. The van der Waals surface area contributed by atoms with Crippen molar-refractivity contribution in [1.29, 1.82) is 0 Å². The highest BCUT2D eigenvalue weighted by atomic mass is 16.5. The van der Waals surface area contributed by atoms with Gasteiger partial charge in [0.15, 0.2) is 0 Å². The molecule has 32 heavy (non-hydrogen) atoms. The number of morpholine rings is 1. The molecular formula is C28H45N3O. The van der Waals surface area contributed by atoms with Gasteiger partial charge < -0.3 is 14.5 Å². The second-order valence-corrected chi connectivity index (χ2v) is 11.2. The fraction of sp³-hybridized carbons (Fsp3) is 0.714. The quantitative estimate of drug-likeness (QED) is 0.600. The minimum atomic E-state index is 0.260. The molecule has 0 amide bonds. The predicted molar refractivity (Wildman–Crippen MR) is 138 cm³/mol. The first-order chi connectivity index (χ1) is 15.3. The van der Waals surface area contributed by atoms with Gasteiger partial charge in [0, 0.05) is 62.8 Å². The highest BCUT2D eigenvalue weighted by molar-refractivity contribution is 5.82. The molecular weight excluding hydrogens is 394 g/mol. The monoisotopic (exact) mass is 439 g/mol. The number of benzene rings is 1. The van der Waals surface area contributed by atoms with Crippen molar-refractivity contribution < 1.29 is 4.74 Å². The van der Waals surface area contributed by atoms with Gasteiger partial charge in [-0.05, 0) is 60.8 Å². The fourth-order valence-electron chi connectivity index (χ4n) is 5.75. The van der Waals surface area contributed by atoms with Gasteiger partial charge in [-0.1, -0.05) is 40.2 Å². The third-order valence-corrected chi connectivity index (χ3v) is 8.50. The Hall–Kier alpha value is -1.52. The van der Waals surface area contributed by atoms with E-state index in [0.717, 1.165) is 51.2 Å². The fourth-order valence-corrected chi connectivity index (χ4v) is 5.75. The normalized spacial score (nSPS) is 25.0. The van der Waals surface area contributed by atoms with E-state index in [0.29, 0.717) is 0 Å². The lowest BCUT2D eigenvalue weighted by atomic mass is 9.65. The molecule has 0 aromatic heterocycles. The molecule has 4 rings (SSSR count). The van der Waals surface area contributed by atoms with E-state index in [1.54, 1.807) is 11.1 Å². The van der Waals surface area contributed by atoms with Crippen LogP contribution in [0.25, 0.3) is 5.57 Å². The number of anilines is 2. The summed E-state index contributed by atoms with van der Waals surface area (Å²) < 4.78 is 5.62. The van der Waals surface area contributed by atoms with Crippen LogP contribution in [0.5, 0.6) is 0 Å². The molecule has 4 nitrogen and oxygen atoms in total. The van der Waals surface area contributed by atoms with E-state index in [4.69, 9.17) is 4.74 Å². The lowest BCUT2D eigenvalue weighted by Gasteiger charge is -2.42. The van der Waals surface area contributed by atoms with Crippen LogP contribution in [-0.2, 0) is 4.74 Å². The van der Waals surface area contributed by atoms with Gasteiger partial charge in [-0.25, -0.2) is 0 Å². The second-order valence-electron chi connectivity index (χ2n) is 11.2. The highest BCUT2D eigenvalue weighted by Crippen LogP contribution is 2.49. The minimum Gasteiger partial charge on any atom is -0.378 e. The summed E-state index contributed by atoms with van der Waals surface area (Å²) in [7, 11) is 0. The Morgan fingerprint density at radius 1 is 1.00 bits per heavy atom. The number of hydrogen-bond acceptors (Lipinski definition) is 4. The van der Waals surface area contributed by atoms with Crippen LogP contribution in [0.3, 0.4) is 0 Å². The number of allylic oxidation sites excluding steroid dienone is 2. The largest absolute Gasteiger partial charge is 0.378 e. The Bertz CT molecular complexity index is 814. The minimum absolute atomic E-state index is 0.260. The summed E-state index contributed by atoms with van der Waals surface area (Å²) in [6.07, 6.45) is 2.48. The van der Waals surface area contributed by atoms with Crippen LogP contribution in [0.1, 0.15) is 59.9 Å². The third kappa shape index (κ3) is 4.87. The van der Waals surface area contributed by atoms with Crippen molar-refractivity contribution in [2.24, 2.45) is 17.3 Å². The van der Waals surface area contributed by atoms with E-state index >= 15 is 0 Å². The van der Waals surface area contributed by atoms with Crippen LogP contribution in [0, 0.1) is 17.3 Å². The van der Waals surface area contributed by atoms with Crippen LogP contribution in [0.15, 0.2) is 23.8 Å². The third-order valence-electron chi connectivity index (χ3n) is 8.50. The van der Waals surface area contributed by atoms with E-state index in [-0.39, 0.29) is 5.41 Å². The maximum Gasteiger partial charge on any atom is 0.0642 e. The van der Waals surface area contributed by atoms with Gasteiger partial charge in [0.2, 0.25) is 0 Å². The van der Waals surface area contributed by atoms with Crippen molar-refractivity contribution >= 4 is 16.9 Å². The first-order valence-corrected chi connectivity index (χ1v) is 12.9. The Morgan fingerprint density at radius 2 is 1.69 bits per heavy atom. The van der Waals surface area contributed by atoms with Gasteiger partial charge in [0.1, 0.15) is 0 Å². The predicted octanol–water partition coefficient (Wildman–Crippen LogP) is 5.53. The smallest absolute Gasteiger partial charge is 0.0642 e. The zero-order chi connectivity index (χ0) is 22.9.